The maximum atomic E-state index is 11.7. The third kappa shape index (κ3) is 3.72. The maximum Gasteiger partial charge on any atom is 0.229 e. The summed E-state index contributed by atoms with van der Waals surface area (Å²) in [5.74, 6) is 0.480. The average Bonchev–Trinajstić information content (AvgIpc) is 3.11. The number of hydrogen-bond acceptors (Lipinski definition) is 6. The minimum atomic E-state index is -3.14. The van der Waals surface area contributed by atoms with Crippen molar-refractivity contribution >= 4 is 44.3 Å². The van der Waals surface area contributed by atoms with Crippen molar-refractivity contribution in [3.63, 3.8) is 0 Å². The molecule has 4 rings (SSSR count). The van der Waals surface area contributed by atoms with Gasteiger partial charge in [-0.1, -0.05) is 11.6 Å². The van der Waals surface area contributed by atoms with Crippen molar-refractivity contribution in [1.82, 2.24) is 28.6 Å². The van der Waals surface area contributed by atoms with E-state index in [1.807, 2.05) is 36.3 Å². The largest absolute Gasteiger partial charge is 0.334 e. The third-order valence-corrected chi connectivity index (χ3v) is 7.07. The summed E-state index contributed by atoms with van der Waals surface area (Å²) in [6.45, 7) is 4.97. The number of nitrogens with one attached hydrogen (secondary N) is 1. The van der Waals surface area contributed by atoms with Crippen LogP contribution in [-0.4, -0.2) is 56.4 Å². The first-order valence-corrected chi connectivity index (χ1v) is 11.6. The number of halogens is 1. The molecular formula is C18H24ClN7O2S. The summed E-state index contributed by atoms with van der Waals surface area (Å²) >= 11 is 6.19. The molecule has 1 aliphatic rings. The van der Waals surface area contributed by atoms with E-state index in [1.54, 1.807) is 6.20 Å². The molecule has 0 aliphatic carbocycles. The van der Waals surface area contributed by atoms with Crippen LogP contribution in [0.5, 0.6) is 0 Å². The van der Waals surface area contributed by atoms with Crippen LogP contribution in [0, 0.1) is 13.8 Å². The zero-order chi connectivity index (χ0) is 20.9. The van der Waals surface area contributed by atoms with Crippen molar-refractivity contribution in [3.05, 3.63) is 28.8 Å². The molecule has 1 aliphatic heterocycles. The Bertz CT molecular complexity index is 1180. The zero-order valence-corrected chi connectivity index (χ0v) is 18.4. The molecule has 0 unspecified atom stereocenters. The second-order valence-electron chi connectivity index (χ2n) is 7.53. The molecular weight excluding hydrogens is 414 g/mol. The van der Waals surface area contributed by atoms with Gasteiger partial charge >= 0.3 is 0 Å². The Kier molecular flexibility index (Phi) is 5.04. The lowest BCUT2D eigenvalue weighted by molar-refractivity contribution is 0.259. The highest BCUT2D eigenvalue weighted by molar-refractivity contribution is 7.88. The van der Waals surface area contributed by atoms with Crippen LogP contribution in [0.15, 0.2) is 12.4 Å². The van der Waals surface area contributed by atoms with E-state index in [9.17, 15) is 8.42 Å². The summed E-state index contributed by atoms with van der Waals surface area (Å²) < 4.78 is 28.9. The number of fused-ring (bicyclic) bond motifs is 1. The van der Waals surface area contributed by atoms with E-state index < -0.39 is 10.0 Å². The van der Waals surface area contributed by atoms with Crippen LogP contribution in [0.4, 0.5) is 11.6 Å². The van der Waals surface area contributed by atoms with E-state index in [-0.39, 0.29) is 6.04 Å². The van der Waals surface area contributed by atoms with Crippen LogP contribution in [0.2, 0.25) is 5.02 Å². The molecule has 4 heterocycles. The molecule has 29 heavy (non-hydrogen) atoms. The Hall–Kier alpha value is -2.17. The highest BCUT2D eigenvalue weighted by Gasteiger charge is 2.28. The van der Waals surface area contributed by atoms with Crippen molar-refractivity contribution in [2.45, 2.75) is 32.7 Å². The van der Waals surface area contributed by atoms with Crippen LogP contribution in [-0.2, 0) is 17.1 Å². The molecule has 1 fully saturated rings. The molecule has 3 aromatic heterocycles. The molecule has 11 heteroatoms. The van der Waals surface area contributed by atoms with Crippen molar-refractivity contribution in [3.8, 4) is 0 Å². The van der Waals surface area contributed by atoms with E-state index >= 15 is 0 Å². The van der Waals surface area contributed by atoms with Gasteiger partial charge in [-0.25, -0.2) is 17.7 Å². The molecule has 0 spiro atoms. The third-order valence-electron chi connectivity index (χ3n) is 5.47. The fourth-order valence-electron chi connectivity index (χ4n) is 3.90. The van der Waals surface area contributed by atoms with Gasteiger partial charge in [0.15, 0.2) is 0 Å². The molecule has 9 nitrogen and oxygen atoms in total. The van der Waals surface area contributed by atoms with Crippen LogP contribution in [0.3, 0.4) is 0 Å². The Balaban J connectivity index is 1.57. The van der Waals surface area contributed by atoms with Gasteiger partial charge in [0.05, 0.1) is 39.8 Å². The SMILES string of the molecule is Cc1nn(C2CCN(S(C)(=O)=O)CC2)c(C)c1Nc1ncc2c(Cl)cn(C)c2n1. The average molecular weight is 438 g/mol. The van der Waals surface area contributed by atoms with Gasteiger partial charge in [0.25, 0.3) is 0 Å². The second kappa shape index (κ2) is 7.26. The Morgan fingerprint density at radius 3 is 2.59 bits per heavy atom. The van der Waals surface area contributed by atoms with E-state index in [0.29, 0.717) is 24.1 Å². The molecule has 0 aromatic carbocycles. The number of hydrogen-bond donors (Lipinski definition) is 1. The number of aromatic nitrogens is 5. The summed E-state index contributed by atoms with van der Waals surface area (Å²) in [6.07, 6.45) is 6.25. The summed E-state index contributed by atoms with van der Waals surface area (Å²) in [5.41, 5.74) is 3.45. The van der Waals surface area contributed by atoms with Gasteiger partial charge in [0.2, 0.25) is 16.0 Å². The molecule has 0 bridgehead atoms. The Labute approximate surface area is 174 Å². The van der Waals surface area contributed by atoms with Crippen molar-refractivity contribution < 1.29 is 8.42 Å². The van der Waals surface area contributed by atoms with Crippen LogP contribution >= 0.6 is 11.6 Å². The van der Waals surface area contributed by atoms with E-state index in [2.05, 4.69) is 15.3 Å². The topological polar surface area (TPSA) is 97.9 Å². The molecule has 1 saturated heterocycles. The highest BCUT2D eigenvalue weighted by Crippen LogP contribution is 2.31. The predicted molar refractivity (Wildman–Crippen MR) is 113 cm³/mol. The van der Waals surface area contributed by atoms with Gasteiger partial charge in [-0.3, -0.25) is 4.68 Å². The summed E-state index contributed by atoms with van der Waals surface area (Å²) in [7, 11) is -1.25. The lowest BCUT2D eigenvalue weighted by Crippen LogP contribution is -2.38. The van der Waals surface area contributed by atoms with Gasteiger partial charge < -0.3 is 9.88 Å². The number of piperidine rings is 1. The quantitative estimate of drug-likeness (QED) is 0.673. The Morgan fingerprint density at radius 1 is 1.24 bits per heavy atom. The molecule has 156 valence electrons. The molecule has 3 aromatic rings. The summed E-state index contributed by atoms with van der Waals surface area (Å²) in [6, 6.07) is 0.164. The van der Waals surface area contributed by atoms with Crippen molar-refractivity contribution in [2.24, 2.45) is 7.05 Å². The summed E-state index contributed by atoms with van der Waals surface area (Å²) in [4.78, 5) is 8.96. The van der Waals surface area contributed by atoms with Crippen LogP contribution < -0.4 is 5.32 Å². The zero-order valence-electron chi connectivity index (χ0n) is 16.8. The first-order valence-electron chi connectivity index (χ1n) is 9.40. The van der Waals surface area contributed by atoms with Crippen molar-refractivity contribution in [1.29, 1.82) is 0 Å². The Morgan fingerprint density at radius 2 is 1.93 bits per heavy atom. The fourth-order valence-corrected chi connectivity index (χ4v) is 5.05. The number of sulfonamides is 1. The van der Waals surface area contributed by atoms with E-state index in [0.717, 1.165) is 41.0 Å². The monoisotopic (exact) mass is 437 g/mol. The van der Waals surface area contributed by atoms with Gasteiger partial charge in [0.1, 0.15) is 5.65 Å². The van der Waals surface area contributed by atoms with Gasteiger partial charge in [0, 0.05) is 32.5 Å². The fraction of sp³-hybridized carbons (Fsp3) is 0.500. The second-order valence-corrected chi connectivity index (χ2v) is 9.92. The number of nitrogens with zero attached hydrogens (tertiary/aromatic N) is 6. The van der Waals surface area contributed by atoms with Crippen LogP contribution in [0.25, 0.3) is 11.0 Å². The molecule has 0 saturated carbocycles. The maximum absolute atomic E-state index is 11.7. The van der Waals surface area contributed by atoms with E-state index in [4.69, 9.17) is 16.7 Å². The minimum absolute atomic E-state index is 0.164. The molecule has 0 radical (unpaired) electrons. The summed E-state index contributed by atoms with van der Waals surface area (Å²) in [5, 5.41) is 9.43. The lowest BCUT2D eigenvalue weighted by atomic mass is 10.1. The molecule has 0 amide bonds. The van der Waals surface area contributed by atoms with E-state index in [1.165, 1.54) is 10.6 Å². The van der Waals surface area contributed by atoms with Gasteiger partial charge in [-0.05, 0) is 26.7 Å². The highest BCUT2D eigenvalue weighted by atomic mass is 35.5. The van der Waals surface area contributed by atoms with Gasteiger partial charge in [-0.2, -0.15) is 10.1 Å². The number of aryl methyl sites for hydroxylation is 2. The first-order chi connectivity index (χ1) is 13.6. The van der Waals surface area contributed by atoms with Crippen molar-refractivity contribution in [2.75, 3.05) is 24.7 Å². The lowest BCUT2D eigenvalue weighted by Gasteiger charge is -2.30. The standard InChI is InChI=1S/C18H24ClN7O2S/c1-11-16(21-18-20-9-14-15(19)10-24(3)17(14)22-18)12(2)26(23-11)13-5-7-25(8-6-13)29(4,27)28/h9-10,13H,5-8H2,1-4H3,(H,20,21,22). The normalized spacial score (nSPS) is 16.6. The first kappa shape index (κ1) is 20.1. The van der Waals surface area contributed by atoms with Crippen LogP contribution in [0.1, 0.15) is 30.3 Å². The number of anilines is 2. The molecule has 0 atom stereocenters. The minimum Gasteiger partial charge on any atom is -0.334 e. The smallest absolute Gasteiger partial charge is 0.229 e. The number of rotatable bonds is 4. The molecule has 1 N–H and O–H groups in total. The van der Waals surface area contributed by atoms with Gasteiger partial charge in [-0.15, -0.1) is 0 Å². The predicted octanol–water partition coefficient (Wildman–Crippen LogP) is 2.78.